The summed E-state index contributed by atoms with van der Waals surface area (Å²) in [5.41, 5.74) is 0.990. The molecule has 0 amide bonds. The maximum Gasteiger partial charge on any atom is 0.0208 e. The number of rotatable bonds is 0. The van der Waals surface area contributed by atoms with Crippen LogP contribution in [0.1, 0.15) is 54.9 Å². The summed E-state index contributed by atoms with van der Waals surface area (Å²) in [6, 6.07) is 0. The van der Waals surface area contributed by atoms with Crippen LogP contribution in [0, 0.1) is 11.3 Å². The van der Waals surface area contributed by atoms with Crippen LogP contribution in [0.3, 0.4) is 0 Å². The molecular formula is C13H27N. The Morgan fingerprint density at radius 1 is 1.00 bits per heavy atom. The summed E-state index contributed by atoms with van der Waals surface area (Å²) in [7, 11) is 2.27. The first kappa shape index (κ1) is 12.0. The van der Waals surface area contributed by atoms with Crippen molar-refractivity contribution in [2.24, 2.45) is 11.3 Å². The van der Waals surface area contributed by atoms with Crippen LogP contribution in [0.25, 0.3) is 0 Å². The quantitative estimate of drug-likeness (QED) is 0.574. The summed E-state index contributed by atoms with van der Waals surface area (Å²) >= 11 is 0. The molecule has 1 rings (SSSR count). The topological polar surface area (TPSA) is 3.24 Å². The molecule has 1 heteroatoms. The van der Waals surface area contributed by atoms with E-state index in [1.807, 2.05) is 0 Å². The van der Waals surface area contributed by atoms with Gasteiger partial charge in [0, 0.05) is 11.1 Å². The van der Waals surface area contributed by atoms with E-state index in [0.717, 1.165) is 5.92 Å². The van der Waals surface area contributed by atoms with Crippen LogP contribution >= 0.6 is 0 Å². The van der Waals surface area contributed by atoms with Gasteiger partial charge in [0.25, 0.3) is 0 Å². The van der Waals surface area contributed by atoms with Crippen LogP contribution in [-0.4, -0.2) is 23.0 Å². The van der Waals surface area contributed by atoms with Gasteiger partial charge in [0.15, 0.2) is 0 Å². The van der Waals surface area contributed by atoms with E-state index >= 15 is 0 Å². The van der Waals surface area contributed by atoms with Crippen LogP contribution in [0.5, 0.6) is 0 Å². The predicted molar refractivity (Wildman–Crippen MR) is 63.5 cm³/mol. The average Bonchev–Trinajstić information content (AvgIpc) is 1.99. The summed E-state index contributed by atoms with van der Waals surface area (Å²) in [5, 5.41) is 0. The summed E-state index contributed by atoms with van der Waals surface area (Å²) in [5.74, 6) is 0.781. The lowest BCUT2D eigenvalue weighted by molar-refractivity contribution is -0.117. The molecule has 0 aliphatic carbocycles. The van der Waals surface area contributed by atoms with Gasteiger partial charge in [0.1, 0.15) is 0 Å². The van der Waals surface area contributed by atoms with Gasteiger partial charge in [0.2, 0.25) is 0 Å². The fourth-order valence-electron chi connectivity index (χ4n) is 2.93. The standard InChI is InChI=1S/C13H27N/c1-10-9-11(2,3)14(8)13(6,7)12(10,4)5/h10H,9H2,1-8H3. The minimum absolute atomic E-state index is 0.272. The summed E-state index contributed by atoms with van der Waals surface area (Å²) < 4.78 is 0. The molecule has 1 aliphatic heterocycles. The molecule has 0 N–H and O–H groups in total. The highest BCUT2D eigenvalue weighted by Gasteiger charge is 2.52. The molecule has 1 nitrogen and oxygen atoms in total. The van der Waals surface area contributed by atoms with Crippen molar-refractivity contribution < 1.29 is 0 Å². The van der Waals surface area contributed by atoms with Gasteiger partial charge in [-0.15, -0.1) is 0 Å². The van der Waals surface area contributed by atoms with Crippen molar-refractivity contribution in [2.75, 3.05) is 7.05 Å². The van der Waals surface area contributed by atoms with Gasteiger partial charge < -0.3 is 0 Å². The zero-order valence-electron chi connectivity index (χ0n) is 11.2. The Morgan fingerprint density at radius 3 is 1.86 bits per heavy atom. The SMILES string of the molecule is CC1CC(C)(C)N(C)C(C)(C)C1(C)C. The van der Waals surface area contributed by atoms with Crippen LogP contribution in [0.4, 0.5) is 0 Å². The van der Waals surface area contributed by atoms with Gasteiger partial charge in [-0.1, -0.05) is 20.8 Å². The Balaban J connectivity index is 3.12. The molecule has 0 radical (unpaired) electrons. The summed E-state index contributed by atoms with van der Waals surface area (Å²) in [6.07, 6.45) is 1.29. The van der Waals surface area contributed by atoms with E-state index in [0.29, 0.717) is 11.0 Å². The van der Waals surface area contributed by atoms with Crippen LogP contribution in [0.15, 0.2) is 0 Å². The van der Waals surface area contributed by atoms with Crippen molar-refractivity contribution in [1.29, 1.82) is 0 Å². The minimum atomic E-state index is 0.272. The van der Waals surface area contributed by atoms with Crippen LogP contribution in [-0.2, 0) is 0 Å². The molecule has 0 aromatic heterocycles. The molecule has 84 valence electrons. The van der Waals surface area contributed by atoms with Crippen molar-refractivity contribution in [2.45, 2.75) is 66.0 Å². The first-order valence-electron chi connectivity index (χ1n) is 5.77. The van der Waals surface area contributed by atoms with E-state index in [-0.39, 0.29) is 5.54 Å². The Hall–Kier alpha value is -0.0400. The highest BCUT2D eigenvalue weighted by Crippen LogP contribution is 2.51. The number of hydrogen-bond acceptors (Lipinski definition) is 1. The fraction of sp³-hybridized carbons (Fsp3) is 1.00. The molecule has 1 aliphatic rings. The second kappa shape index (κ2) is 2.98. The highest BCUT2D eigenvalue weighted by molar-refractivity contribution is 5.06. The zero-order valence-corrected chi connectivity index (χ0v) is 11.2. The van der Waals surface area contributed by atoms with E-state index in [2.05, 4.69) is 60.4 Å². The van der Waals surface area contributed by atoms with Crippen molar-refractivity contribution in [3.05, 3.63) is 0 Å². The molecule has 14 heavy (non-hydrogen) atoms. The fourth-order valence-corrected chi connectivity index (χ4v) is 2.93. The van der Waals surface area contributed by atoms with Gasteiger partial charge in [-0.25, -0.2) is 0 Å². The lowest BCUT2D eigenvalue weighted by Crippen LogP contribution is -2.66. The van der Waals surface area contributed by atoms with Crippen LogP contribution in [0.2, 0.25) is 0 Å². The molecule has 1 saturated heterocycles. The van der Waals surface area contributed by atoms with Gasteiger partial charge in [-0.05, 0) is 52.5 Å². The van der Waals surface area contributed by atoms with E-state index in [9.17, 15) is 0 Å². The van der Waals surface area contributed by atoms with Gasteiger partial charge in [-0.3, -0.25) is 4.90 Å². The third kappa shape index (κ3) is 1.41. The molecule has 0 aromatic carbocycles. The number of nitrogens with zero attached hydrogens (tertiary/aromatic N) is 1. The number of piperidine rings is 1. The summed E-state index contributed by atoms with van der Waals surface area (Å²) in [4.78, 5) is 2.56. The molecule has 1 fully saturated rings. The molecule has 0 bridgehead atoms. The molecule has 0 aromatic rings. The maximum atomic E-state index is 2.56. The largest absolute Gasteiger partial charge is 0.296 e. The third-order valence-corrected chi connectivity index (χ3v) is 5.36. The molecule has 0 spiro atoms. The van der Waals surface area contributed by atoms with Crippen LogP contribution < -0.4 is 0 Å². The minimum Gasteiger partial charge on any atom is -0.296 e. The molecule has 0 saturated carbocycles. The summed E-state index contributed by atoms with van der Waals surface area (Å²) in [6.45, 7) is 16.7. The third-order valence-electron chi connectivity index (χ3n) is 5.36. The van der Waals surface area contributed by atoms with E-state index < -0.39 is 0 Å². The zero-order chi connectivity index (χ0) is 11.4. The first-order chi connectivity index (χ1) is 6.03. The number of likely N-dealkylation sites (tertiary alicyclic amines) is 1. The maximum absolute atomic E-state index is 2.56. The van der Waals surface area contributed by atoms with E-state index in [1.165, 1.54) is 6.42 Å². The van der Waals surface area contributed by atoms with E-state index in [4.69, 9.17) is 0 Å². The Labute approximate surface area is 89.9 Å². The molecule has 1 heterocycles. The smallest absolute Gasteiger partial charge is 0.0208 e. The first-order valence-corrected chi connectivity index (χ1v) is 5.77. The highest BCUT2D eigenvalue weighted by atomic mass is 15.2. The molecule has 1 atom stereocenters. The van der Waals surface area contributed by atoms with E-state index in [1.54, 1.807) is 0 Å². The second-order valence-corrected chi connectivity index (χ2v) is 6.76. The van der Waals surface area contributed by atoms with Crippen molar-refractivity contribution >= 4 is 0 Å². The predicted octanol–water partition coefficient (Wildman–Crippen LogP) is 3.54. The van der Waals surface area contributed by atoms with Gasteiger partial charge in [-0.2, -0.15) is 0 Å². The lowest BCUT2D eigenvalue weighted by atomic mass is 9.58. The molecular weight excluding hydrogens is 170 g/mol. The normalized spacial score (nSPS) is 35.6. The average molecular weight is 197 g/mol. The monoisotopic (exact) mass is 197 g/mol. The van der Waals surface area contributed by atoms with Crippen molar-refractivity contribution in [3.8, 4) is 0 Å². The molecule has 1 unspecified atom stereocenters. The van der Waals surface area contributed by atoms with Gasteiger partial charge in [0.05, 0.1) is 0 Å². The number of hydrogen-bond donors (Lipinski definition) is 0. The van der Waals surface area contributed by atoms with Crippen molar-refractivity contribution in [3.63, 3.8) is 0 Å². The second-order valence-electron chi connectivity index (χ2n) is 6.76. The van der Waals surface area contributed by atoms with Crippen molar-refractivity contribution in [1.82, 2.24) is 4.90 Å². The van der Waals surface area contributed by atoms with Gasteiger partial charge >= 0.3 is 0 Å². The Bertz CT molecular complexity index is 225. The Kier molecular flexibility index (Phi) is 2.56. The Morgan fingerprint density at radius 2 is 1.43 bits per heavy atom. The lowest BCUT2D eigenvalue weighted by Gasteiger charge is -2.62.